The minimum absolute atomic E-state index is 0.0772. The molecule has 0 fully saturated rings. The molecule has 0 saturated heterocycles. The number of ether oxygens (including phenoxy) is 3. The molecule has 2 aromatic carbocycles. The third-order valence-electron chi connectivity index (χ3n) is 4.09. The van der Waals surface area contributed by atoms with Gasteiger partial charge in [-0.05, 0) is 60.9 Å². The van der Waals surface area contributed by atoms with E-state index in [1.54, 1.807) is 42.5 Å². The van der Waals surface area contributed by atoms with E-state index in [9.17, 15) is 14.9 Å². The van der Waals surface area contributed by atoms with Crippen molar-refractivity contribution in [1.82, 2.24) is 0 Å². The van der Waals surface area contributed by atoms with E-state index < -0.39 is 11.9 Å². The number of esters is 1. The highest BCUT2D eigenvalue weighted by Gasteiger charge is 2.13. The second-order valence-corrected chi connectivity index (χ2v) is 7.04. The van der Waals surface area contributed by atoms with Crippen molar-refractivity contribution in [2.75, 3.05) is 25.6 Å². The van der Waals surface area contributed by atoms with E-state index >= 15 is 0 Å². The molecular formula is C24H26N2O5. The quantitative estimate of drug-likeness (QED) is 0.364. The predicted molar refractivity (Wildman–Crippen MR) is 118 cm³/mol. The number of anilines is 1. The Bertz CT molecular complexity index is 988. The summed E-state index contributed by atoms with van der Waals surface area (Å²) < 4.78 is 15.9. The summed E-state index contributed by atoms with van der Waals surface area (Å²) in [6.07, 6.45) is 1.46. The van der Waals surface area contributed by atoms with E-state index in [1.807, 2.05) is 26.8 Å². The van der Waals surface area contributed by atoms with Crippen LogP contribution in [0.3, 0.4) is 0 Å². The van der Waals surface area contributed by atoms with Crippen LogP contribution in [-0.2, 0) is 9.53 Å². The van der Waals surface area contributed by atoms with Crippen molar-refractivity contribution in [2.24, 2.45) is 5.92 Å². The number of hydrogen-bond acceptors (Lipinski definition) is 6. The first-order valence-electron chi connectivity index (χ1n) is 9.89. The van der Waals surface area contributed by atoms with E-state index in [1.165, 1.54) is 13.2 Å². The number of carbonyl (C=O) groups is 2. The molecule has 7 heteroatoms. The summed E-state index contributed by atoms with van der Waals surface area (Å²) in [5.41, 5.74) is 1.38. The first-order chi connectivity index (χ1) is 14.9. The highest BCUT2D eigenvalue weighted by Crippen LogP contribution is 2.29. The van der Waals surface area contributed by atoms with Crippen LogP contribution in [0.5, 0.6) is 11.5 Å². The molecule has 0 radical (unpaired) electrons. The van der Waals surface area contributed by atoms with Gasteiger partial charge in [0, 0.05) is 5.69 Å². The van der Waals surface area contributed by atoms with Crippen molar-refractivity contribution in [3.63, 3.8) is 0 Å². The summed E-state index contributed by atoms with van der Waals surface area (Å²) in [5.74, 6) is 0.346. The van der Waals surface area contributed by atoms with Gasteiger partial charge in [-0.15, -0.1) is 0 Å². The number of hydrogen-bond donors (Lipinski definition) is 1. The molecule has 0 atom stereocenters. The second kappa shape index (κ2) is 11.4. The Balaban J connectivity index is 2.11. The third-order valence-corrected chi connectivity index (χ3v) is 4.09. The van der Waals surface area contributed by atoms with Gasteiger partial charge >= 0.3 is 5.97 Å². The van der Waals surface area contributed by atoms with Gasteiger partial charge in [0.1, 0.15) is 11.6 Å². The van der Waals surface area contributed by atoms with Crippen LogP contribution in [0, 0.1) is 17.2 Å². The van der Waals surface area contributed by atoms with E-state index in [0.29, 0.717) is 41.5 Å². The molecule has 162 valence electrons. The molecule has 0 aliphatic rings. The van der Waals surface area contributed by atoms with Crippen molar-refractivity contribution < 1.29 is 23.8 Å². The van der Waals surface area contributed by atoms with Crippen LogP contribution in [0.25, 0.3) is 6.08 Å². The molecule has 0 heterocycles. The van der Waals surface area contributed by atoms with Gasteiger partial charge in [-0.3, -0.25) is 4.79 Å². The van der Waals surface area contributed by atoms with Gasteiger partial charge in [-0.25, -0.2) is 4.79 Å². The average molecular weight is 422 g/mol. The standard InChI is InChI=1S/C24H26N2O5/c1-5-30-21-11-6-17(13-22(21)29-4)12-19(14-25)23(27)26-20-9-7-18(8-10-20)24(28)31-15-16(2)3/h6-13,16H,5,15H2,1-4H3,(H,26,27)/b19-12+. The zero-order valence-corrected chi connectivity index (χ0v) is 18.1. The highest BCUT2D eigenvalue weighted by molar-refractivity contribution is 6.09. The lowest BCUT2D eigenvalue weighted by molar-refractivity contribution is -0.112. The van der Waals surface area contributed by atoms with Crippen LogP contribution in [-0.4, -0.2) is 32.2 Å². The minimum atomic E-state index is -0.564. The van der Waals surface area contributed by atoms with E-state index in [4.69, 9.17) is 14.2 Å². The number of nitriles is 1. The fourth-order valence-corrected chi connectivity index (χ4v) is 2.58. The van der Waals surface area contributed by atoms with Crippen LogP contribution in [0.1, 0.15) is 36.7 Å². The number of methoxy groups -OCH3 is 1. The monoisotopic (exact) mass is 422 g/mol. The third kappa shape index (κ3) is 6.89. The lowest BCUT2D eigenvalue weighted by atomic mass is 10.1. The van der Waals surface area contributed by atoms with Gasteiger partial charge in [-0.1, -0.05) is 19.9 Å². The van der Waals surface area contributed by atoms with E-state index in [2.05, 4.69) is 5.32 Å². The molecule has 1 N–H and O–H groups in total. The van der Waals surface area contributed by atoms with Gasteiger partial charge < -0.3 is 19.5 Å². The maximum Gasteiger partial charge on any atom is 0.338 e. The van der Waals surface area contributed by atoms with Gasteiger partial charge in [0.25, 0.3) is 5.91 Å². The lowest BCUT2D eigenvalue weighted by Gasteiger charge is -2.10. The highest BCUT2D eigenvalue weighted by atomic mass is 16.5. The molecule has 0 aliphatic heterocycles. The number of rotatable bonds is 9. The van der Waals surface area contributed by atoms with Crippen LogP contribution in [0.15, 0.2) is 48.0 Å². The summed E-state index contributed by atoms with van der Waals surface area (Å²) in [6, 6.07) is 13.3. The first kappa shape index (κ1) is 23.5. The Morgan fingerprint density at radius 3 is 2.42 bits per heavy atom. The number of benzene rings is 2. The summed E-state index contributed by atoms with van der Waals surface area (Å²) in [7, 11) is 1.52. The predicted octanol–water partition coefficient (Wildman–Crippen LogP) is 4.45. The smallest absolute Gasteiger partial charge is 0.338 e. The Hall–Kier alpha value is -3.79. The number of carbonyl (C=O) groups excluding carboxylic acids is 2. The van der Waals surface area contributed by atoms with Crippen molar-refractivity contribution in [2.45, 2.75) is 20.8 Å². The minimum Gasteiger partial charge on any atom is -0.493 e. The number of nitrogens with zero attached hydrogens (tertiary/aromatic N) is 1. The Kier molecular flexibility index (Phi) is 8.64. The zero-order chi connectivity index (χ0) is 22.8. The number of nitrogens with one attached hydrogen (secondary N) is 1. The molecule has 0 aromatic heterocycles. The van der Waals surface area contributed by atoms with Crippen molar-refractivity contribution in [3.8, 4) is 17.6 Å². The number of amides is 1. The molecule has 0 unspecified atom stereocenters. The Morgan fingerprint density at radius 2 is 1.84 bits per heavy atom. The summed E-state index contributed by atoms with van der Waals surface area (Å²) >= 11 is 0. The zero-order valence-electron chi connectivity index (χ0n) is 18.1. The van der Waals surface area contributed by atoms with Crippen molar-refractivity contribution >= 4 is 23.6 Å². The molecule has 0 spiro atoms. The van der Waals surface area contributed by atoms with Gasteiger partial charge in [-0.2, -0.15) is 5.26 Å². The van der Waals surface area contributed by atoms with E-state index in [0.717, 1.165) is 0 Å². The summed E-state index contributed by atoms with van der Waals surface area (Å²) in [5, 5.41) is 12.1. The van der Waals surface area contributed by atoms with Crippen molar-refractivity contribution in [1.29, 1.82) is 5.26 Å². The maximum absolute atomic E-state index is 12.5. The molecular weight excluding hydrogens is 396 g/mol. The molecule has 1 amide bonds. The van der Waals surface area contributed by atoms with Crippen LogP contribution in [0.2, 0.25) is 0 Å². The second-order valence-electron chi connectivity index (χ2n) is 7.04. The summed E-state index contributed by atoms with van der Waals surface area (Å²) in [6.45, 7) is 6.60. The van der Waals surface area contributed by atoms with Crippen LogP contribution < -0.4 is 14.8 Å². The van der Waals surface area contributed by atoms with Gasteiger partial charge in [0.05, 0.1) is 25.9 Å². The SMILES string of the molecule is CCOc1ccc(/C=C(\C#N)C(=O)Nc2ccc(C(=O)OCC(C)C)cc2)cc1OC. The van der Waals surface area contributed by atoms with E-state index in [-0.39, 0.29) is 11.5 Å². The first-order valence-corrected chi connectivity index (χ1v) is 9.89. The van der Waals surface area contributed by atoms with Gasteiger partial charge in [0.15, 0.2) is 11.5 Å². The molecule has 7 nitrogen and oxygen atoms in total. The maximum atomic E-state index is 12.5. The Morgan fingerprint density at radius 1 is 1.13 bits per heavy atom. The molecule has 2 aromatic rings. The lowest BCUT2D eigenvalue weighted by Crippen LogP contribution is -2.14. The fraction of sp³-hybridized carbons (Fsp3) is 0.292. The Labute approximate surface area is 182 Å². The molecule has 2 rings (SSSR count). The average Bonchev–Trinajstić information content (AvgIpc) is 2.77. The van der Waals surface area contributed by atoms with Gasteiger partial charge in [0.2, 0.25) is 0 Å². The molecule has 31 heavy (non-hydrogen) atoms. The van der Waals surface area contributed by atoms with Crippen LogP contribution in [0.4, 0.5) is 5.69 Å². The normalized spacial score (nSPS) is 10.9. The largest absolute Gasteiger partial charge is 0.493 e. The molecule has 0 saturated carbocycles. The fourth-order valence-electron chi connectivity index (χ4n) is 2.58. The molecule has 0 bridgehead atoms. The van der Waals surface area contributed by atoms with Crippen molar-refractivity contribution in [3.05, 3.63) is 59.2 Å². The molecule has 0 aliphatic carbocycles. The topological polar surface area (TPSA) is 97.7 Å². The summed E-state index contributed by atoms with van der Waals surface area (Å²) in [4.78, 5) is 24.5. The van der Waals surface area contributed by atoms with Crippen LogP contribution >= 0.6 is 0 Å².